The molecule has 2 rings (SSSR count). The zero-order valence-electron chi connectivity index (χ0n) is 12.3. The number of imidazole rings is 1. The molecule has 0 saturated heterocycles. The third-order valence-corrected chi connectivity index (χ3v) is 3.54. The van der Waals surface area contributed by atoms with Gasteiger partial charge in [-0.25, -0.2) is 9.37 Å². The number of fused-ring (bicyclic) bond motifs is 1. The summed E-state index contributed by atoms with van der Waals surface area (Å²) in [5, 5.41) is 28.6. The van der Waals surface area contributed by atoms with Gasteiger partial charge in [-0.2, -0.15) is 4.98 Å². The molecule has 0 radical (unpaired) electrons. The summed E-state index contributed by atoms with van der Waals surface area (Å²) in [4.78, 5) is 21.7. The van der Waals surface area contributed by atoms with E-state index in [0.717, 1.165) is 6.33 Å². The largest absolute Gasteiger partial charge is 0.393 e. The zero-order valence-corrected chi connectivity index (χ0v) is 12.3. The lowest BCUT2D eigenvalue weighted by molar-refractivity contribution is -0.207. The SMILES string of the molecule is C[C@H](O)[C@](CO)(CF)O[C@H](CO)n1cnc2c(=O)[nH]c(N)nc21. The molecule has 0 aromatic carbocycles. The number of nitrogens with one attached hydrogen (secondary N) is 1. The number of halogens is 1. The molecule has 0 fully saturated rings. The lowest BCUT2D eigenvalue weighted by Crippen LogP contribution is -2.50. The number of aliphatic hydroxyl groups is 3. The minimum atomic E-state index is -1.93. The molecule has 0 aliphatic rings. The first-order valence-electron chi connectivity index (χ1n) is 6.74. The molecule has 2 aromatic rings. The van der Waals surface area contributed by atoms with Crippen molar-refractivity contribution in [3.05, 3.63) is 16.7 Å². The number of anilines is 1. The highest BCUT2D eigenvalue weighted by atomic mass is 19.1. The minimum absolute atomic E-state index is 0.0154. The molecular weight excluding hydrogens is 313 g/mol. The predicted molar refractivity (Wildman–Crippen MR) is 77.2 cm³/mol. The summed E-state index contributed by atoms with van der Waals surface area (Å²) < 4.78 is 19.9. The molecule has 128 valence electrons. The van der Waals surface area contributed by atoms with Crippen LogP contribution in [0.4, 0.5) is 10.3 Å². The van der Waals surface area contributed by atoms with Crippen molar-refractivity contribution in [3.8, 4) is 0 Å². The lowest BCUT2D eigenvalue weighted by Gasteiger charge is -2.35. The molecule has 11 heteroatoms. The summed E-state index contributed by atoms with van der Waals surface area (Å²) in [6, 6.07) is 0. The van der Waals surface area contributed by atoms with Gasteiger partial charge in [0.25, 0.3) is 5.56 Å². The van der Waals surface area contributed by atoms with Gasteiger partial charge in [0.2, 0.25) is 5.95 Å². The Kier molecular flexibility index (Phi) is 4.94. The summed E-state index contributed by atoms with van der Waals surface area (Å²) in [5.74, 6) is -0.171. The van der Waals surface area contributed by atoms with Gasteiger partial charge < -0.3 is 25.8 Å². The van der Waals surface area contributed by atoms with E-state index in [9.17, 15) is 24.5 Å². The van der Waals surface area contributed by atoms with Crippen molar-refractivity contribution in [2.45, 2.75) is 24.9 Å². The lowest BCUT2D eigenvalue weighted by atomic mass is 10.0. The maximum absolute atomic E-state index is 13.3. The average molecular weight is 331 g/mol. The number of aromatic amines is 1. The average Bonchev–Trinajstić information content (AvgIpc) is 2.93. The molecule has 0 unspecified atom stereocenters. The highest BCUT2D eigenvalue weighted by molar-refractivity contribution is 5.70. The number of hydrogen-bond acceptors (Lipinski definition) is 8. The fraction of sp³-hybridized carbons (Fsp3) is 0.583. The van der Waals surface area contributed by atoms with E-state index in [-0.39, 0.29) is 17.1 Å². The highest BCUT2D eigenvalue weighted by Crippen LogP contribution is 2.25. The van der Waals surface area contributed by atoms with Crippen molar-refractivity contribution < 1.29 is 24.4 Å². The normalized spacial score (nSPS) is 17.1. The van der Waals surface area contributed by atoms with E-state index in [1.807, 2.05) is 0 Å². The second kappa shape index (κ2) is 6.58. The van der Waals surface area contributed by atoms with E-state index in [1.54, 1.807) is 0 Å². The number of ether oxygens (including phenoxy) is 1. The molecule has 0 amide bonds. The third kappa shape index (κ3) is 3.03. The Morgan fingerprint density at radius 2 is 2.26 bits per heavy atom. The van der Waals surface area contributed by atoms with Crippen LogP contribution in [0.15, 0.2) is 11.1 Å². The summed E-state index contributed by atoms with van der Waals surface area (Å²) in [6.45, 7) is -1.41. The maximum Gasteiger partial charge on any atom is 0.280 e. The van der Waals surface area contributed by atoms with Gasteiger partial charge in [0, 0.05) is 0 Å². The number of nitrogen functional groups attached to an aromatic ring is 1. The van der Waals surface area contributed by atoms with Crippen molar-refractivity contribution in [2.24, 2.45) is 0 Å². The Balaban J connectivity index is 2.48. The monoisotopic (exact) mass is 331 g/mol. The van der Waals surface area contributed by atoms with Crippen molar-refractivity contribution >= 4 is 17.1 Å². The molecule has 0 aliphatic carbocycles. The summed E-state index contributed by atoms with van der Waals surface area (Å²) in [6.07, 6.45) is -1.44. The molecule has 0 aliphatic heterocycles. The van der Waals surface area contributed by atoms with Crippen LogP contribution in [0, 0.1) is 0 Å². The van der Waals surface area contributed by atoms with Gasteiger partial charge >= 0.3 is 0 Å². The van der Waals surface area contributed by atoms with Gasteiger partial charge in [-0.15, -0.1) is 0 Å². The Hall–Kier alpha value is -2.08. The molecule has 2 aromatic heterocycles. The summed E-state index contributed by atoms with van der Waals surface area (Å²) >= 11 is 0. The van der Waals surface area contributed by atoms with Crippen molar-refractivity contribution in [1.29, 1.82) is 0 Å². The number of hydrogen-bond donors (Lipinski definition) is 5. The molecule has 23 heavy (non-hydrogen) atoms. The Bertz CT molecular complexity index is 726. The number of rotatable bonds is 7. The van der Waals surface area contributed by atoms with Gasteiger partial charge in [-0.05, 0) is 6.92 Å². The fourth-order valence-corrected chi connectivity index (χ4v) is 2.06. The van der Waals surface area contributed by atoms with Crippen LogP contribution in [-0.4, -0.2) is 66.4 Å². The number of H-pyrrole nitrogens is 1. The van der Waals surface area contributed by atoms with Crippen LogP contribution in [0.5, 0.6) is 0 Å². The van der Waals surface area contributed by atoms with Crippen molar-refractivity contribution in [1.82, 2.24) is 19.5 Å². The molecule has 0 spiro atoms. The highest BCUT2D eigenvalue weighted by Gasteiger charge is 2.39. The van der Waals surface area contributed by atoms with Crippen LogP contribution in [0.25, 0.3) is 11.2 Å². The van der Waals surface area contributed by atoms with E-state index in [1.165, 1.54) is 11.5 Å². The number of aromatic nitrogens is 4. The smallest absolute Gasteiger partial charge is 0.280 e. The Morgan fingerprint density at radius 1 is 1.57 bits per heavy atom. The molecule has 10 nitrogen and oxygen atoms in total. The molecular formula is C12H18FN5O5. The first kappa shape index (κ1) is 17.3. The van der Waals surface area contributed by atoms with Crippen LogP contribution < -0.4 is 11.3 Å². The number of aliphatic hydroxyl groups excluding tert-OH is 3. The number of alkyl halides is 1. The fourth-order valence-electron chi connectivity index (χ4n) is 2.06. The van der Waals surface area contributed by atoms with Gasteiger partial charge in [0.1, 0.15) is 12.3 Å². The second-order valence-corrected chi connectivity index (χ2v) is 5.06. The number of nitrogens with two attached hydrogens (primary N) is 1. The second-order valence-electron chi connectivity index (χ2n) is 5.06. The van der Waals surface area contributed by atoms with E-state index < -0.39 is 43.4 Å². The minimum Gasteiger partial charge on any atom is -0.393 e. The number of nitrogens with zero attached hydrogens (tertiary/aromatic N) is 3. The predicted octanol–water partition coefficient (Wildman–Crippen LogP) is -1.71. The quantitative estimate of drug-likeness (QED) is 0.401. The molecule has 2 heterocycles. The Morgan fingerprint density at radius 3 is 2.78 bits per heavy atom. The first-order valence-corrected chi connectivity index (χ1v) is 6.74. The maximum atomic E-state index is 13.3. The standard InChI is InChI=1S/C12H18FN5O5/c1-6(21)12(3-13,4-20)23-7(2-19)18-5-15-8-9(18)16-11(14)17-10(8)22/h5-7,19-21H,2-4H2,1H3,(H3,14,16,17,22)/t6-,7+,12+/m0/s1. The topological polar surface area (TPSA) is 160 Å². The van der Waals surface area contributed by atoms with Crippen LogP contribution >= 0.6 is 0 Å². The van der Waals surface area contributed by atoms with Crippen molar-refractivity contribution in [2.75, 3.05) is 25.6 Å². The van der Waals surface area contributed by atoms with Gasteiger partial charge in [0.15, 0.2) is 17.4 Å². The van der Waals surface area contributed by atoms with Crippen LogP contribution in [0.3, 0.4) is 0 Å². The van der Waals surface area contributed by atoms with Crippen LogP contribution in [0.2, 0.25) is 0 Å². The van der Waals surface area contributed by atoms with E-state index >= 15 is 0 Å². The van der Waals surface area contributed by atoms with E-state index in [4.69, 9.17) is 10.5 Å². The van der Waals surface area contributed by atoms with Crippen LogP contribution in [-0.2, 0) is 4.74 Å². The summed E-state index contributed by atoms with van der Waals surface area (Å²) in [5.41, 5.74) is 2.92. The molecule has 3 atom stereocenters. The summed E-state index contributed by atoms with van der Waals surface area (Å²) in [7, 11) is 0. The third-order valence-electron chi connectivity index (χ3n) is 3.54. The van der Waals surface area contributed by atoms with Crippen molar-refractivity contribution in [3.63, 3.8) is 0 Å². The van der Waals surface area contributed by atoms with Gasteiger partial charge in [-0.3, -0.25) is 14.3 Å². The van der Waals surface area contributed by atoms with Gasteiger partial charge in [0.05, 0.1) is 25.6 Å². The molecule has 0 saturated carbocycles. The molecule has 6 N–H and O–H groups in total. The van der Waals surface area contributed by atoms with Gasteiger partial charge in [-0.1, -0.05) is 0 Å². The van der Waals surface area contributed by atoms with E-state index in [2.05, 4.69) is 15.0 Å². The Labute approximate surface area is 129 Å². The molecule has 0 bridgehead atoms. The van der Waals surface area contributed by atoms with E-state index in [0.29, 0.717) is 0 Å². The zero-order chi connectivity index (χ0) is 17.2. The van der Waals surface area contributed by atoms with Crippen LogP contribution in [0.1, 0.15) is 13.2 Å². The first-order chi connectivity index (χ1) is 10.9.